The third-order valence-corrected chi connectivity index (χ3v) is 6.41. The van der Waals surface area contributed by atoms with Crippen molar-refractivity contribution in [3.05, 3.63) is 10.6 Å². The maximum atomic E-state index is 12.4. The Morgan fingerprint density at radius 2 is 2.18 bits per heavy atom. The van der Waals surface area contributed by atoms with Crippen LogP contribution in [0.5, 0.6) is 0 Å². The van der Waals surface area contributed by atoms with E-state index in [2.05, 4.69) is 5.32 Å². The molecule has 2 aliphatic rings. The summed E-state index contributed by atoms with van der Waals surface area (Å²) in [5, 5.41) is 31.1. The molecule has 11 heteroatoms. The number of hydrogen-bond acceptors (Lipinski definition) is 7. The van der Waals surface area contributed by atoms with Gasteiger partial charge in [-0.25, -0.2) is 4.79 Å². The number of carboxylic acids is 1. The molecule has 1 saturated heterocycles. The van der Waals surface area contributed by atoms with E-state index < -0.39 is 41.9 Å². The van der Waals surface area contributed by atoms with Crippen LogP contribution < -0.4 is 11.1 Å². The third-order valence-electron chi connectivity index (χ3n) is 4.86. The number of thioether (sulfide) groups is 1. The standard InChI is InChI=1S/C17H23ClN4O5S/c1-8(23)11-12-9(3-5-21-15(24)10(20)7-18)14(28-6-2-4-19)13(17(26)27)22(12)16(11)25/h8-12,23H,2-3,5-7,20H2,1H3,(H,21,24)(H,26,27)/t8-,9-,10+,11-,12-/m1/s1. The van der Waals surface area contributed by atoms with Gasteiger partial charge in [0.25, 0.3) is 0 Å². The number of halogens is 1. The lowest BCUT2D eigenvalue weighted by molar-refractivity contribution is -0.163. The first-order valence-electron chi connectivity index (χ1n) is 8.83. The molecule has 0 aromatic carbocycles. The van der Waals surface area contributed by atoms with Gasteiger partial charge in [0.1, 0.15) is 5.70 Å². The van der Waals surface area contributed by atoms with Gasteiger partial charge in [0.05, 0.1) is 30.2 Å². The monoisotopic (exact) mass is 430 g/mol. The fourth-order valence-corrected chi connectivity index (χ4v) is 4.95. The smallest absolute Gasteiger partial charge is 0.353 e. The topological polar surface area (TPSA) is 157 Å². The van der Waals surface area contributed by atoms with Crippen molar-refractivity contribution in [2.75, 3.05) is 18.2 Å². The lowest BCUT2D eigenvalue weighted by atomic mass is 9.77. The Morgan fingerprint density at radius 3 is 2.71 bits per heavy atom. The molecule has 0 spiro atoms. The number of β-lactam (4-membered cyclic amide) rings is 1. The van der Waals surface area contributed by atoms with Crippen LogP contribution in [0.2, 0.25) is 0 Å². The molecule has 28 heavy (non-hydrogen) atoms. The summed E-state index contributed by atoms with van der Waals surface area (Å²) in [5.74, 6) is -2.76. The molecule has 5 N–H and O–H groups in total. The van der Waals surface area contributed by atoms with Crippen LogP contribution in [0.25, 0.3) is 0 Å². The Balaban J connectivity index is 2.23. The summed E-state index contributed by atoms with van der Waals surface area (Å²) < 4.78 is 0. The van der Waals surface area contributed by atoms with Crippen molar-refractivity contribution in [3.63, 3.8) is 0 Å². The first-order valence-corrected chi connectivity index (χ1v) is 10.4. The largest absolute Gasteiger partial charge is 0.477 e. The summed E-state index contributed by atoms with van der Waals surface area (Å²) in [6.07, 6.45) is -0.327. The van der Waals surface area contributed by atoms with Gasteiger partial charge in [-0.2, -0.15) is 5.26 Å². The summed E-state index contributed by atoms with van der Waals surface area (Å²) in [6, 6.07) is 0.681. The van der Waals surface area contributed by atoms with E-state index in [1.807, 2.05) is 6.07 Å². The van der Waals surface area contributed by atoms with Crippen molar-refractivity contribution < 1.29 is 24.6 Å². The van der Waals surface area contributed by atoms with Crippen molar-refractivity contribution >= 4 is 41.1 Å². The summed E-state index contributed by atoms with van der Waals surface area (Å²) in [7, 11) is 0. The molecule has 0 saturated carbocycles. The molecule has 0 aromatic heterocycles. The predicted molar refractivity (Wildman–Crippen MR) is 103 cm³/mol. The zero-order chi connectivity index (χ0) is 21.0. The van der Waals surface area contributed by atoms with Crippen molar-refractivity contribution in [2.24, 2.45) is 17.6 Å². The highest BCUT2D eigenvalue weighted by atomic mass is 35.5. The van der Waals surface area contributed by atoms with Crippen molar-refractivity contribution in [3.8, 4) is 6.07 Å². The van der Waals surface area contributed by atoms with Crippen LogP contribution in [0.4, 0.5) is 0 Å². The number of carboxylic acid groups (broad SMARTS) is 1. The summed E-state index contributed by atoms with van der Waals surface area (Å²) in [4.78, 5) is 37.8. The highest BCUT2D eigenvalue weighted by Gasteiger charge is 2.60. The summed E-state index contributed by atoms with van der Waals surface area (Å²) >= 11 is 6.79. The van der Waals surface area contributed by atoms with Crippen molar-refractivity contribution in [1.29, 1.82) is 5.26 Å². The normalized spacial score (nSPS) is 25.6. The molecule has 2 rings (SSSR count). The zero-order valence-electron chi connectivity index (χ0n) is 15.3. The van der Waals surface area contributed by atoms with E-state index in [4.69, 9.17) is 22.6 Å². The number of rotatable bonds is 10. The maximum Gasteiger partial charge on any atom is 0.353 e. The van der Waals surface area contributed by atoms with E-state index in [9.17, 15) is 24.6 Å². The minimum atomic E-state index is -1.22. The van der Waals surface area contributed by atoms with E-state index in [1.165, 1.54) is 23.6 Å². The minimum Gasteiger partial charge on any atom is -0.477 e. The molecule has 0 unspecified atom stereocenters. The van der Waals surface area contributed by atoms with Gasteiger partial charge < -0.3 is 26.2 Å². The molecule has 0 radical (unpaired) electrons. The van der Waals surface area contributed by atoms with Gasteiger partial charge in [-0.15, -0.1) is 23.4 Å². The molecule has 9 nitrogen and oxygen atoms in total. The highest BCUT2D eigenvalue weighted by molar-refractivity contribution is 8.03. The lowest BCUT2D eigenvalue weighted by Gasteiger charge is -2.47. The molecule has 0 bridgehead atoms. The first-order chi connectivity index (χ1) is 13.3. The number of aliphatic carboxylic acids is 1. The number of nitrogens with zero attached hydrogens (tertiary/aromatic N) is 2. The van der Waals surface area contributed by atoms with Crippen LogP contribution in [-0.2, 0) is 14.4 Å². The van der Waals surface area contributed by atoms with Crippen molar-refractivity contribution in [1.82, 2.24) is 10.2 Å². The Labute approximate surface area is 171 Å². The molecule has 0 aromatic rings. The molecular weight excluding hydrogens is 408 g/mol. The second-order valence-corrected chi connectivity index (χ2v) is 8.13. The molecule has 1 fully saturated rings. The number of amides is 2. The maximum absolute atomic E-state index is 12.4. The number of fused-ring (bicyclic) bond motifs is 1. The van der Waals surface area contributed by atoms with Crippen LogP contribution in [0.15, 0.2) is 10.6 Å². The van der Waals surface area contributed by atoms with Gasteiger partial charge in [0.15, 0.2) is 0 Å². The van der Waals surface area contributed by atoms with Gasteiger partial charge >= 0.3 is 5.97 Å². The minimum absolute atomic E-state index is 0.0252. The fraction of sp³-hybridized carbons (Fsp3) is 0.647. The van der Waals surface area contributed by atoms with Gasteiger partial charge in [-0.05, 0) is 13.3 Å². The molecule has 0 aliphatic carbocycles. The van der Waals surface area contributed by atoms with Gasteiger partial charge in [0, 0.05) is 35.4 Å². The van der Waals surface area contributed by atoms with Crippen LogP contribution in [0, 0.1) is 23.2 Å². The Bertz CT molecular complexity index is 723. The van der Waals surface area contributed by atoms with E-state index >= 15 is 0 Å². The molecule has 5 atom stereocenters. The van der Waals surface area contributed by atoms with Gasteiger partial charge in [-0.1, -0.05) is 0 Å². The third kappa shape index (κ3) is 4.27. The molecule has 2 heterocycles. The van der Waals surface area contributed by atoms with Crippen LogP contribution in [0.3, 0.4) is 0 Å². The number of nitriles is 1. The number of nitrogens with two attached hydrogens (primary N) is 1. The summed E-state index contributed by atoms with van der Waals surface area (Å²) in [6.45, 7) is 1.72. The molecule has 154 valence electrons. The van der Waals surface area contributed by atoms with E-state index in [0.717, 1.165) is 0 Å². The Hall–Kier alpha value is -1.80. The second-order valence-electron chi connectivity index (χ2n) is 6.69. The first kappa shape index (κ1) is 22.5. The highest BCUT2D eigenvalue weighted by Crippen LogP contribution is 2.51. The van der Waals surface area contributed by atoms with E-state index in [0.29, 0.717) is 17.1 Å². The molecule has 2 aliphatic heterocycles. The second kappa shape index (κ2) is 9.60. The SMILES string of the molecule is C[C@@H](O)[C@H]1C(=O)N2C(C(=O)O)=C(SCCC#N)[C@H](CCNC(=O)[C@@H](N)CCl)[C@H]12. The molecular formula is C17H23ClN4O5S. The van der Waals surface area contributed by atoms with Gasteiger partial charge in [-0.3, -0.25) is 9.59 Å². The number of nitrogens with one attached hydrogen (secondary N) is 1. The van der Waals surface area contributed by atoms with Gasteiger partial charge in [0.2, 0.25) is 11.8 Å². The average Bonchev–Trinajstić information content (AvgIpc) is 2.91. The summed E-state index contributed by atoms with van der Waals surface area (Å²) in [5.41, 5.74) is 5.48. The number of carbonyl (C=O) groups excluding carboxylic acids is 2. The number of aliphatic hydroxyl groups is 1. The average molecular weight is 431 g/mol. The van der Waals surface area contributed by atoms with Crippen LogP contribution in [-0.4, -0.2) is 69.3 Å². The Kier molecular flexibility index (Phi) is 7.71. The van der Waals surface area contributed by atoms with E-state index in [-0.39, 0.29) is 30.5 Å². The van der Waals surface area contributed by atoms with E-state index in [1.54, 1.807) is 0 Å². The fourth-order valence-electron chi connectivity index (χ4n) is 3.61. The zero-order valence-corrected chi connectivity index (χ0v) is 16.9. The number of aliphatic hydroxyl groups excluding tert-OH is 1. The lowest BCUT2D eigenvalue weighted by Crippen LogP contribution is -2.64. The quantitative estimate of drug-likeness (QED) is 0.211. The predicted octanol–water partition coefficient (Wildman–Crippen LogP) is -0.161. The number of carbonyl (C=O) groups is 3. The number of alkyl halides is 1. The van der Waals surface area contributed by atoms with Crippen LogP contribution in [0.1, 0.15) is 19.8 Å². The van der Waals surface area contributed by atoms with Crippen LogP contribution >= 0.6 is 23.4 Å². The Morgan fingerprint density at radius 1 is 1.50 bits per heavy atom. The van der Waals surface area contributed by atoms with Crippen molar-refractivity contribution in [2.45, 2.75) is 38.0 Å². The number of hydrogen-bond donors (Lipinski definition) is 4. The molecule has 2 amide bonds.